The van der Waals surface area contributed by atoms with Crippen LogP contribution in [-0.2, 0) is 17.5 Å². The molecule has 0 aliphatic heterocycles. The number of benzene rings is 2. The molecule has 150 valence electrons. The van der Waals surface area contributed by atoms with Crippen LogP contribution in [0.4, 0.5) is 0 Å². The van der Waals surface area contributed by atoms with E-state index in [1.165, 1.54) is 11.1 Å². The smallest absolute Gasteiger partial charge is 0.185 e. The second-order valence-electron chi connectivity index (χ2n) is 8.53. The molecule has 0 heterocycles. The fourth-order valence-corrected chi connectivity index (χ4v) is 4.50. The van der Waals surface area contributed by atoms with Crippen LogP contribution in [0.1, 0.15) is 31.4 Å². The first-order valence-electron chi connectivity index (χ1n) is 10.2. The van der Waals surface area contributed by atoms with E-state index in [9.17, 15) is 5.26 Å². The first-order valence-corrected chi connectivity index (χ1v) is 13.6. The summed E-state index contributed by atoms with van der Waals surface area (Å²) in [5.41, 5.74) is 2.52. The first kappa shape index (κ1) is 22.4. The molecule has 2 aromatic carbocycles. The SMILES string of the molecule is CC[C@H](C)[C@@H]([C@H](C#N)O[Si](C)(C)C)N(Cc1ccccc1)Cc1ccccc1. The van der Waals surface area contributed by atoms with Gasteiger partial charge in [0.05, 0.1) is 12.1 Å². The van der Waals surface area contributed by atoms with Gasteiger partial charge in [0.1, 0.15) is 6.10 Å². The Balaban J connectivity index is 2.39. The van der Waals surface area contributed by atoms with Crippen molar-refractivity contribution in [1.82, 2.24) is 4.90 Å². The summed E-state index contributed by atoms with van der Waals surface area (Å²) in [6.45, 7) is 12.5. The van der Waals surface area contributed by atoms with Gasteiger partial charge < -0.3 is 4.43 Å². The summed E-state index contributed by atoms with van der Waals surface area (Å²) < 4.78 is 6.36. The van der Waals surface area contributed by atoms with Gasteiger partial charge in [-0.15, -0.1) is 0 Å². The molecule has 0 saturated carbocycles. The van der Waals surface area contributed by atoms with Crippen LogP contribution in [0.5, 0.6) is 0 Å². The second-order valence-corrected chi connectivity index (χ2v) is 13.0. The minimum atomic E-state index is -1.84. The molecule has 2 aromatic rings. The first-order chi connectivity index (χ1) is 13.3. The monoisotopic (exact) mass is 394 g/mol. The fourth-order valence-electron chi connectivity index (χ4n) is 3.55. The molecule has 0 saturated heterocycles. The van der Waals surface area contributed by atoms with E-state index in [0.29, 0.717) is 5.92 Å². The van der Waals surface area contributed by atoms with E-state index < -0.39 is 14.4 Å². The van der Waals surface area contributed by atoms with Gasteiger partial charge in [0.15, 0.2) is 8.32 Å². The predicted octanol–water partition coefficient (Wildman–Crippen LogP) is 5.85. The molecule has 4 heteroatoms. The Morgan fingerprint density at radius 2 is 1.39 bits per heavy atom. The van der Waals surface area contributed by atoms with Crippen molar-refractivity contribution >= 4 is 8.32 Å². The largest absolute Gasteiger partial charge is 0.401 e. The van der Waals surface area contributed by atoms with Crippen molar-refractivity contribution in [2.75, 3.05) is 0 Å². The maximum atomic E-state index is 10.0. The number of nitriles is 1. The van der Waals surface area contributed by atoms with Crippen LogP contribution in [-0.4, -0.2) is 25.4 Å². The summed E-state index contributed by atoms with van der Waals surface area (Å²) >= 11 is 0. The Bertz CT molecular complexity index is 695. The van der Waals surface area contributed by atoms with E-state index >= 15 is 0 Å². The topological polar surface area (TPSA) is 36.3 Å². The van der Waals surface area contributed by atoms with Gasteiger partial charge in [-0.1, -0.05) is 80.9 Å². The molecule has 2 rings (SSSR count). The molecule has 0 aromatic heterocycles. The van der Waals surface area contributed by atoms with Gasteiger partial charge >= 0.3 is 0 Å². The standard InChI is InChI=1S/C24H34N2OSi/c1-6-20(2)24(23(17-25)27-28(3,4)5)26(18-21-13-9-7-10-14-21)19-22-15-11-8-12-16-22/h7-16,20,23-24H,6,18-19H2,1-5H3/t20-,23-,24-/m0/s1. The highest BCUT2D eigenvalue weighted by atomic mass is 28.4. The highest BCUT2D eigenvalue weighted by Gasteiger charge is 2.35. The van der Waals surface area contributed by atoms with E-state index in [2.05, 4.69) is 93.0 Å². The van der Waals surface area contributed by atoms with Gasteiger partial charge in [-0.3, -0.25) is 4.90 Å². The fraction of sp³-hybridized carbons (Fsp3) is 0.458. The average molecular weight is 395 g/mol. The summed E-state index contributed by atoms with van der Waals surface area (Å²) in [5, 5.41) is 10.0. The lowest BCUT2D eigenvalue weighted by Crippen LogP contribution is -2.50. The molecular weight excluding hydrogens is 360 g/mol. The zero-order valence-corrected chi connectivity index (χ0v) is 18.9. The molecule has 0 spiro atoms. The number of rotatable bonds is 10. The summed E-state index contributed by atoms with van der Waals surface area (Å²) in [4.78, 5) is 2.44. The Labute approximate surface area is 172 Å². The Morgan fingerprint density at radius 3 is 1.75 bits per heavy atom. The lowest BCUT2D eigenvalue weighted by molar-refractivity contribution is 0.0462. The molecule has 0 N–H and O–H groups in total. The van der Waals surface area contributed by atoms with E-state index in [0.717, 1.165) is 19.5 Å². The van der Waals surface area contributed by atoms with E-state index in [4.69, 9.17) is 4.43 Å². The van der Waals surface area contributed by atoms with Crippen LogP contribution in [0.15, 0.2) is 60.7 Å². The molecule has 28 heavy (non-hydrogen) atoms. The van der Waals surface area contributed by atoms with Crippen LogP contribution >= 0.6 is 0 Å². The highest BCUT2D eigenvalue weighted by Crippen LogP contribution is 2.26. The second kappa shape index (κ2) is 10.6. The maximum absolute atomic E-state index is 10.0. The minimum absolute atomic E-state index is 0.0436. The summed E-state index contributed by atoms with van der Waals surface area (Å²) in [7, 11) is -1.84. The van der Waals surface area contributed by atoms with Crippen LogP contribution in [0, 0.1) is 17.2 Å². The minimum Gasteiger partial charge on any atom is -0.401 e. The van der Waals surface area contributed by atoms with Gasteiger partial charge in [0.2, 0.25) is 0 Å². The van der Waals surface area contributed by atoms with Crippen LogP contribution in [0.2, 0.25) is 19.6 Å². The number of hydrogen-bond acceptors (Lipinski definition) is 3. The van der Waals surface area contributed by atoms with Gasteiger partial charge in [-0.2, -0.15) is 5.26 Å². The van der Waals surface area contributed by atoms with Gasteiger partial charge in [-0.05, 0) is 36.7 Å². The number of hydrogen-bond donors (Lipinski definition) is 0. The zero-order valence-electron chi connectivity index (χ0n) is 17.9. The van der Waals surface area contributed by atoms with Crippen LogP contribution < -0.4 is 0 Å². The molecule has 0 fully saturated rings. The van der Waals surface area contributed by atoms with E-state index in [-0.39, 0.29) is 6.04 Å². The molecule has 0 aliphatic carbocycles. The molecular formula is C24H34N2OSi. The van der Waals surface area contributed by atoms with E-state index in [1.54, 1.807) is 0 Å². The lowest BCUT2D eigenvalue weighted by Gasteiger charge is -2.40. The third-order valence-corrected chi connectivity index (χ3v) is 5.98. The Kier molecular flexibility index (Phi) is 8.44. The number of nitrogens with zero attached hydrogens (tertiary/aromatic N) is 2. The predicted molar refractivity (Wildman–Crippen MR) is 119 cm³/mol. The van der Waals surface area contributed by atoms with Crippen molar-refractivity contribution < 1.29 is 4.43 Å². The van der Waals surface area contributed by atoms with Crippen molar-refractivity contribution in [3.8, 4) is 6.07 Å². The van der Waals surface area contributed by atoms with Gasteiger partial charge in [0.25, 0.3) is 0 Å². The molecule has 0 amide bonds. The Morgan fingerprint density at radius 1 is 0.929 bits per heavy atom. The maximum Gasteiger partial charge on any atom is 0.185 e. The zero-order chi connectivity index (χ0) is 20.6. The van der Waals surface area contributed by atoms with Crippen molar-refractivity contribution in [2.24, 2.45) is 5.92 Å². The summed E-state index contributed by atoms with van der Waals surface area (Å²) in [6, 6.07) is 23.6. The third-order valence-electron chi connectivity index (χ3n) is 5.02. The third kappa shape index (κ3) is 6.90. The molecule has 0 radical (unpaired) electrons. The van der Waals surface area contributed by atoms with Crippen LogP contribution in [0.25, 0.3) is 0 Å². The van der Waals surface area contributed by atoms with Crippen molar-refractivity contribution in [3.63, 3.8) is 0 Å². The molecule has 3 nitrogen and oxygen atoms in total. The molecule has 0 aliphatic rings. The normalized spacial score (nSPS) is 15.0. The summed E-state index contributed by atoms with van der Waals surface area (Å²) in [5.74, 6) is 0.355. The van der Waals surface area contributed by atoms with Crippen molar-refractivity contribution in [2.45, 2.75) is 65.1 Å². The molecule has 0 unspecified atom stereocenters. The molecule has 0 bridgehead atoms. The van der Waals surface area contributed by atoms with Gasteiger partial charge in [-0.25, -0.2) is 0 Å². The average Bonchev–Trinajstić information content (AvgIpc) is 2.67. The quantitative estimate of drug-likeness (QED) is 0.474. The van der Waals surface area contributed by atoms with Gasteiger partial charge in [0, 0.05) is 13.1 Å². The van der Waals surface area contributed by atoms with Crippen molar-refractivity contribution in [1.29, 1.82) is 5.26 Å². The lowest BCUT2D eigenvalue weighted by atomic mass is 9.92. The van der Waals surface area contributed by atoms with E-state index in [1.807, 2.05) is 12.1 Å². The van der Waals surface area contributed by atoms with Crippen LogP contribution in [0.3, 0.4) is 0 Å². The summed E-state index contributed by atoms with van der Waals surface area (Å²) in [6.07, 6.45) is 0.590. The highest BCUT2D eigenvalue weighted by molar-refractivity contribution is 6.69. The molecule has 3 atom stereocenters. The Hall–Kier alpha value is -1.93. The van der Waals surface area contributed by atoms with Crippen molar-refractivity contribution in [3.05, 3.63) is 71.8 Å².